The van der Waals surface area contributed by atoms with E-state index in [1.807, 2.05) is 0 Å². The van der Waals surface area contributed by atoms with Gasteiger partial charge in [-0.05, 0) is 0 Å². The monoisotopic (exact) mass is 208 g/mol. The summed E-state index contributed by atoms with van der Waals surface area (Å²) in [4.78, 5) is 16.1. The lowest BCUT2D eigenvalue weighted by Crippen LogP contribution is -2.09. The van der Waals surface area contributed by atoms with Crippen molar-refractivity contribution in [3.8, 4) is 0 Å². The summed E-state index contributed by atoms with van der Waals surface area (Å²) in [6.07, 6.45) is -4.61. The number of carboxylic acid groups (broad SMARTS) is 1. The summed E-state index contributed by atoms with van der Waals surface area (Å²) in [6.45, 7) is 0. The Labute approximate surface area is 76.8 Å². The molecule has 78 valence electrons. The zero-order chi connectivity index (χ0) is 10.8. The van der Waals surface area contributed by atoms with Gasteiger partial charge in [0.15, 0.2) is 0 Å². The molecule has 1 aromatic rings. The van der Waals surface area contributed by atoms with Crippen LogP contribution in [0.1, 0.15) is 22.7 Å². The Morgan fingerprint density at radius 3 is 2.64 bits per heavy atom. The normalized spacial score (nSPS) is 11.6. The zero-order valence-electron chi connectivity index (χ0n) is 6.93. The average Bonchev–Trinajstić information content (AvgIpc) is 2.47. The van der Waals surface area contributed by atoms with Gasteiger partial charge in [0.05, 0.1) is 12.6 Å². The molecule has 0 saturated heterocycles. The van der Waals surface area contributed by atoms with Gasteiger partial charge in [-0.2, -0.15) is 13.2 Å². The van der Waals surface area contributed by atoms with Gasteiger partial charge >= 0.3 is 12.1 Å². The van der Waals surface area contributed by atoms with E-state index >= 15 is 0 Å². The number of hydrogen-bond donors (Lipinski definition) is 2. The highest BCUT2D eigenvalue weighted by molar-refractivity contribution is 5.84. The van der Waals surface area contributed by atoms with Crippen LogP contribution in [0.15, 0.2) is 6.20 Å². The number of rotatable bonds is 3. The Bertz CT molecular complexity index is 332. The molecule has 0 aromatic carbocycles. The number of carbonyl (C=O) groups is 1. The highest BCUT2D eigenvalue weighted by Crippen LogP contribution is 2.21. The molecule has 14 heavy (non-hydrogen) atoms. The van der Waals surface area contributed by atoms with Crippen LogP contribution in [0.2, 0.25) is 0 Å². The fourth-order valence-corrected chi connectivity index (χ4v) is 0.858. The van der Waals surface area contributed by atoms with Crippen LogP contribution in [0.25, 0.3) is 0 Å². The zero-order valence-corrected chi connectivity index (χ0v) is 6.93. The fourth-order valence-electron chi connectivity index (χ4n) is 0.858. The van der Waals surface area contributed by atoms with E-state index in [1.165, 1.54) is 0 Å². The van der Waals surface area contributed by atoms with Gasteiger partial charge in [-0.25, -0.2) is 9.78 Å². The molecule has 2 N–H and O–H groups in total. The summed E-state index contributed by atoms with van der Waals surface area (Å²) in [5, 5.41) is 8.43. The van der Waals surface area contributed by atoms with Crippen molar-refractivity contribution in [2.75, 3.05) is 0 Å². The van der Waals surface area contributed by atoms with Crippen molar-refractivity contribution < 1.29 is 23.1 Å². The number of aromatic amines is 1. The number of hydrogen-bond acceptors (Lipinski definition) is 2. The fraction of sp³-hybridized carbons (Fsp3) is 0.429. The van der Waals surface area contributed by atoms with Crippen molar-refractivity contribution in [2.45, 2.75) is 19.0 Å². The molecule has 0 aliphatic rings. The van der Waals surface area contributed by atoms with Crippen molar-refractivity contribution in [1.29, 1.82) is 0 Å². The van der Waals surface area contributed by atoms with Gasteiger partial charge in [-0.3, -0.25) is 0 Å². The van der Waals surface area contributed by atoms with Crippen molar-refractivity contribution in [3.63, 3.8) is 0 Å². The van der Waals surface area contributed by atoms with Gasteiger partial charge in [-0.1, -0.05) is 0 Å². The standard InChI is InChI=1S/C7H7F3N2O2/c8-7(9,10)2-1-5-11-3-4(12-5)6(13)14/h3H,1-2H2,(H,11,12)(H,13,14). The Kier molecular flexibility index (Phi) is 2.78. The van der Waals surface area contributed by atoms with Gasteiger partial charge in [0, 0.05) is 6.42 Å². The summed E-state index contributed by atoms with van der Waals surface area (Å²) in [5.41, 5.74) is -0.206. The molecule has 0 atom stereocenters. The maximum absolute atomic E-state index is 11.7. The van der Waals surface area contributed by atoms with Crippen LogP contribution in [0.3, 0.4) is 0 Å². The number of halogens is 3. The van der Waals surface area contributed by atoms with Crippen LogP contribution in [0.4, 0.5) is 13.2 Å². The number of aromatic nitrogens is 2. The predicted octanol–water partition coefficient (Wildman–Crippen LogP) is 1.60. The first-order chi connectivity index (χ1) is 6.38. The number of H-pyrrole nitrogens is 1. The minimum Gasteiger partial charge on any atom is -0.477 e. The smallest absolute Gasteiger partial charge is 0.389 e. The van der Waals surface area contributed by atoms with Crippen LogP contribution in [-0.4, -0.2) is 27.2 Å². The van der Waals surface area contributed by atoms with E-state index in [-0.39, 0.29) is 17.9 Å². The topological polar surface area (TPSA) is 66.0 Å². The molecule has 0 saturated carbocycles. The Morgan fingerprint density at radius 1 is 1.57 bits per heavy atom. The summed E-state index contributed by atoms with van der Waals surface area (Å²) in [6, 6.07) is 0. The number of aryl methyl sites for hydroxylation is 1. The van der Waals surface area contributed by atoms with Crippen LogP contribution >= 0.6 is 0 Å². The lowest BCUT2D eigenvalue weighted by molar-refractivity contribution is -0.134. The first-order valence-corrected chi connectivity index (χ1v) is 3.72. The summed E-state index contributed by atoms with van der Waals surface area (Å²) >= 11 is 0. The van der Waals surface area contributed by atoms with Crippen LogP contribution in [0.5, 0.6) is 0 Å². The van der Waals surface area contributed by atoms with Gasteiger partial charge < -0.3 is 10.1 Å². The third kappa shape index (κ3) is 3.08. The number of nitrogens with zero attached hydrogens (tertiary/aromatic N) is 1. The van der Waals surface area contributed by atoms with Crippen molar-refractivity contribution >= 4 is 5.97 Å². The van der Waals surface area contributed by atoms with Gasteiger partial charge in [0.2, 0.25) is 0 Å². The molecule has 0 radical (unpaired) electrons. The summed E-state index contributed by atoms with van der Waals surface area (Å²) in [7, 11) is 0. The van der Waals surface area contributed by atoms with Gasteiger partial charge in [-0.15, -0.1) is 0 Å². The lowest BCUT2D eigenvalue weighted by atomic mass is 10.3. The third-order valence-corrected chi connectivity index (χ3v) is 1.50. The second-order valence-electron chi connectivity index (χ2n) is 2.66. The number of aromatic carboxylic acids is 1. The number of imidazole rings is 1. The Balaban J connectivity index is 2.56. The van der Waals surface area contributed by atoms with Crippen molar-refractivity contribution in [2.24, 2.45) is 0 Å². The summed E-state index contributed by atoms with van der Waals surface area (Å²) < 4.78 is 35.2. The van der Waals surface area contributed by atoms with E-state index in [2.05, 4.69) is 9.97 Å². The van der Waals surface area contributed by atoms with E-state index in [0.29, 0.717) is 0 Å². The van der Waals surface area contributed by atoms with E-state index < -0.39 is 18.6 Å². The third-order valence-electron chi connectivity index (χ3n) is 1.50. The molecule has 0 fully saturated rings. The maximum atomic E-state index is 11.7. The van der Waals surface area contributed by atoms with Gasteiger partial charge in [0.1, 0.15) is 11.5 Å². The number of carboxylic acids is 1. The minimum atomic E-state index is -4.25. The van der Waals surface area contributed by atoms with E-state index in [4.69, 9.17) is 5.11 Å². The number of alkyl halides is 3. The molecule has 0 bridgehead atoms. The van der Waals surface area contributed by atoms with E-state index in [0.717, 1.165) is 6.20 Å². The minimum absolute atomic E-state index is 0.0275. The van der Waals surface area contributed by atoms with Crippen molar-refractivity contribution in [3.05, 3.63) is 17.7 Å². The first-order valence-electron chi connectivity index (χ1n) is 3.72. The average molecular weight is 208 g/mol. The molecule has 0 unspecified atom stereocenters. The number of nitrogens with one attached hydrogen (secondary N) is 1. The van der Waals surface area contributed by atoms with E-state index in [9.17, 15) is 18.0 Å². The molecular weight excluding hydrogens is 201 g/mol. The Hall–Kier alpha value is -1.53. The molecule has 0 aliphatic carbocycles. The molecule has 1 heterocycles. The maximum Gasteiger partial charge on any atom is 0.389 e. The molecule has 7 heteroatoms. The highest BCUT2D eigenvalue weighted by atomic mass is 19.4. The van der Waals surface area contributed by atoms with Crippen LogP contribution in [-0.2, 0) is 6.42 Å². The Morgan fingerprint density at radius 2 is 2.21 bits per heavy atom. The first kappa shape index (κ1) is 10.6. The van der Waals surface area contributed by atoms with Gasteiger partial charge in [0.25, 0.3) is 0 Å². The van der Waals surface area contributed by atoms with Crippen molar-refractivity contribution in [1.82, 2.24) is 9.97 Å². The van der Waals surface area contributed by atoms with Crippen LogP contribution < -0.4 is 0 Å². The molecule has 0 spiro atoms. The second kappa shape index (κ2) is 3.69. The highest BCUT2D eigenvalue weighted by Gasteiger charge is 2.27. The molecule has 1 rings (SSSR count). The second-order valence-corrected chi connectivity index (χ2v) is 2.66. The largest absolute Gasteiger partial charge is 0.477 e. The van der Waals surface area contributed by atoms with E-state index in [1.54, 1.807) is 0 Å². The molecule has 0 amide bonds. The predicted molar refractivity (Wildman–Crippen MR) is 39.9 cm³/mol. The summed E-state index contributed by atoms with van der Waals surface area (Å²) in [5.74, 6) is -1.21. The molecule has 0 aliphatic heterocycles. The molecule has 1 aromatic heterocycles. The van der Waals surface area contributed by atoms with Crippen LogP contribution in [0, 0.1) is 0 Å². The lowest BCUT2D eigenvalue weighted by Gasteiger charge is -2.02. The quantitative estimate of drug-likeness (QED) is 0.792. The molecule has 4 nitrogen and oxygen atoms in total. The molecular formula is C7H7F3N2O2. The SMILES string of the molecule is O=C(O)c1cnc(CCC(F)(F)F)[nH]1.